The molecule has 4 aromatic rings. The molecular weight excluding hydrogens is 578 g/mol. The minimum atomic E-state index is -0.666. The molecule has 1 aliphatic rings. The molecule has 1 atom stereocenters. The van der Waals surface area contributed by atoms with Gasteiger partial charge >= 0.3 is 5.69 Å². The van der Waals surface area contributed by atoms with Crippen molar-refractivity contribution in [1.82, 2.24) is 19.4 Å². The van der Waals surface area contributed by atoms with Gasteiger partial charge in [-0.3, -0.25) is 23.9 Å². The molecule has 0 radical (unpaired) electrons. The van der Waals surface area contributed by atoms with Crippen molar-refractivity contribution >= 4 is 29.0 Å². The average molecular weight is 614 g/mol. The van der Waals surface area contributed by atoms with Gasteiger partial charge in [0.1, 0.15) is 11.3 Å². The predicted molar refractivity (Wildman–Crippen MR) is 173 cm³/mol. The molecule has 2 heterocycles. The van der Waals surface area contributed by atoms with Crippen LogP contribution in [0.4, 0.5) is 5.69 Å². The quantitative estimate of drug-likeness (QED) is 0.273. The number of Topliss-reactive ketones (excluding diaryl/α,β-unsaturated/α-hetero) is 1. The first-order valence-corrected chi connectivity index (χ1v) is 15.1. The third-order valence-corrected chi connectivity index (χ3v) is 8.74. The van der Waals surface area contributed by atoms with Crippen molar-refractivity contribution < 1.29 is 9.59 Å². The molecule has 0 unspecified atom stereocenters. The van der Waals surface area contributed by atoms with E-state index in [1.807, 2.05) is 43.3 Å². The molecule has 9 nitrogen and oxygen atoms in total. The van der Waals surface area contributed by atoms with Crippen molar-refractivity contribution in [3.63, 3.8) is 0 Å². The zero-order valence-corrected chi connectivity index (χ0v) is 26.1. The second-order valence-corrected chi connectivity index (χ2v) is 11.7. The minimum absolute atomic E-state index is 0.135. The van der Waals surface area contributed by atoms with Crippen LogP contribution in [0, 0.1) is 12.8 Å². The molecule has 2 aromatic carbocycles. The Labute approximate surface area is 260 Å². The van der Waals surface area contributed by atoms with E-state index in [9.17, 15) is 19.2 Å². The van der Waals surface area contributed by atoms with Gasteiger partial charge in [0.05, 0.1) is 10.7 Å². The largest absolute Gasteiger partial charge is 0.330 e. The Hall–Kier alpha value is -4.34. The fourth-order valence-corrected chi connectivity index (χ4v) is 6.10. The number of aryl methyl sites for hydroxylation is 2. The summed E-state index contributed by atoms with van der Waals surface area (Å²) in [4.78, 5) is 54.3. The molecule has 0 aliphatic heterocycles. The highest BCUT2D eigenvalue weighted by Crippen LogP contribution is 2.39. The van der Waals surface area contributed by atoms with Crippen molar-refractivity contribution in [3.05, 3.63) is 103 Å². The molecule has 1 fully saturated rings. The Balaban J connectivity index is 1.40. The second kappa shape index (κ2) is 13.1. The number of carbonyl (C=O) groups is 2. The third-order valence-electron chi connectivity index (χ3n) is 8.34. The predicted octanol–water partition coefficient (Wildman–Crippen LogP) is 5.05. The number of nitrogens with one attached hydrogen (secondary N) is 2. The van der Waals surface area contributed by atoms with E-state index in [-0.39, 0.29) is 5.56 Å². The van der Waals surface area contributed by atoms with Crippen molar-refractivity contribution in [2.24, 2.45) is 20.0 Å². The molecule has 2 aromatic heterocycles. The SMILES string of the molecule is CCc1nc(-c2cccc(-c3cccc(NC(=O)c4cn(C)c(=O)n(C)c4=O)c3C)c2Cl)ccc1CNC[C@@H]1CCC(=O)C1. The molecular formula is C34H36ClN5O4. The van der Waals surface area contributed by atoms with Gasteiger partial charge in [-0.15, -0.1) is 0 Å². The number of rotatable bonds is 9. The van der Waals surface area contributed by atoms with Gasteiger partial charge < -0.3 is 15.2 Å². The van der Waals surface area contributed by atoms with Crippen molar-refractivity contribution in [1.29, 1.82) is 0 Å². The van der Waals surface area contributed by atoms with Gasteiger partial charge in [0.15, 0.2) is 0 Å². The zero-order valence-electron chi connectivity index (χ0n) is 25.4. The molecule has 44 heavy (non-hydrogen) atoms. The summed E-state index contributed by atoms with van der Waals surface area (Å²) in [5, 5.41) is 6.87. The first kappa shape index (κ1) is 31.1. The summed E-state index contributed by atoms with van der Waals surface area (Å²) < 4.78 is 2.11. The normalized spacial score (nSPS) is 14.7. The highest BCUT2D eigenvalue weighted by atomic mass is 35.5. The van der Waals surface area contributed by atoms with E-state index >= 15 is 0 Å². The monoisotopic (exact) mass is 613 g/mol. The molecule has 1 amide bonds. The standard InChI is InChI=1S/C34H36ClN5O4/c1-5-28-22(18-36-17-21-12-14-23(41)16-21)13-15-30(37-28)26-10-6-9-25(31(26)35)24-8-7-11-29(20(24)2)38-32(42)27-19-39(3)34(44)40(4)33(27)43/h6-11,13,15,19,21,36H,5,12,14,16-18H2,1-4H3,(H,38,42)/t21-/m1/s1. The van der Waals surface area contributed by atoms with E-state index in [0.29, 0.717) is 41.8 Å². The van der Waals surface area contributed by atoms with Crippen LogP contribution in [0.1, 0.15) is 53.4 Å². The fourth-order valence-electron chi connectivity index (χ4n) is 5.78. The van der Waals surface area contributed by atoms with Gasteiger partial charge in [0, 0.05) is 62.2 Å². The summed E-state index contributed by atoms with van der Waals surface area (Å²) in [7, 11) is 2.83. The van der Waals surface area contributed by atoms with Crippen LogP contribution < -0.4 is 21.9 Å². The number of nitrogens with zero attached hydrogens (tertiary/aromatic N) is 3. The van der Waals surface area contributed by atoms with E-state index in [1.165, 1.54) is 24.9 Å². The smallest absolute Gasteiger partial charge is 0.322 e. The maximum absolute atomic E-state index is 13.1. The van der Waals surface area contributed by atoms with Gasteiger partial charge in [-0.25, -0.2) is 4.79 Å². The molecule has 5 rings (SSSR count). The van der Waals surface area contributed by atoms with Crippen LogP contribution in [-0.2, 0) is 31.9 Å². The zero-order chi connectivity index (χ0) is 31.5. The van der Waals surface area contributed by atoms with Crippen molar-refractivity contribution in [2.75, 3.05) is 11.9 Å². The molecule has 2 N–H and O–H groups in total. The summed E-state index contributed by atoms with van der Waals surface area (Å²) in [6, 6.07) is 15.4. The lowest BCUT2D eigenvalue weighted by atomic mass is 9.96. The van der Waals surface area contributed by atoms with Crippen LogP contribution >= 0.6 is 11.6 Å². The van der Waals surface area contributed by atoms with Crippen LogP contribution in [0.15, 0.2) is 64.3 Å². The number of anilines is 1. The maximum atomic E-state index is 13.1. The Kier molecular flexibility index (Phi) is 9.27. The van der Waals surface area contributed by atoms with E-state index in [2.05, 4.69) is 23.6 Å². The number of aromatic nitrogens is 3. The van der Waals surface area contributed by atoms with Crippen LogP contribution in [0.25, 0.3) is 22.4 Å². The average Bonchev–Trinajstić information content (AvgIpc) is 3.44. The Morgan fingerprint density at radius 3 is 2.48 bits per heavy atom. The second-order valence-electron chi connectivity index (χ2n) is 11.3. The maximum Gasteiger partial charge on any atom is 0.330 e. The lowest BCUT2D eigenvalue weighted by Gasteiger charge is -2.16. The summed E-state index contributed by atoms with van der Waals surface area (Å²) in [5.74, 6) is 0.165. The third kappa shape index (κ3) is 6.30. The number of ketones is 1. The molecule has 10 heteroatoms. The molecule has 1 saturated carbocycles. The van der Waals surface area contributed by atoms with Crippen molar-refractivity contribution in [2.45, 2.75) is 46.1 Å². The summed E-state index contributed by atoms with van der Waals surface area (Å²) in [5.41, 5.74) is 5.28. The van der Waals surface area contributed by atoms with E-state index in [1.54, 1.807) is 6.07 Å². The topological polar surface area (TPSA) is 115 Å². The number of carbonyl (C=O) groups excluding carboxylic acids is 2. The van der Waals surface area contributed by atoms with Gasteiger partial charge in [0.25, 0.3) is 11.5 Å². The highest BCUT2D eigenvalue weighted by Gasteiger charge is 2.22. The first-order valence-electron chi connectivity index (χ1n) is 14.8. The summed E-state index contributed by atoms with van der Waals surface area (Å²) >= 11 is 7.03. The Bertz CT molecular complexity index is 1880. The summed E-state index contributed by atoms with van der Waals surface area (Å²) in [6.07, 6.45) is 4.34. The van der Waals surface area contributed by atoms with Gasteiger partial charge in [0.2, 0.25) is 0 Å². The van der Waals surface area contributed by atoms with Gasteiger partial charge in [-0.1, -0.05) is 54.9 Å². The Morgan fingerprint density at radius 2 is 1.75 bits per heavy atom. The number of hydrogen-bond acceptors (Lipinski definition) is 6. The number of halogens is 1. The van der Waals surface area contributed by atoms with Gasteiger partial charge in [-0.2, -0.15) is 0 Å². The number of pyridine rings is 1. The highest BCUT2D eigenvalue weighted by molar-refractivity contribution is 6.36. The molecule has 0 bridgehead atoms. The number of hydrogen-bond donors (Lipinski definition) is 2. The lowest BCUT2D eigenvalue weighted by molar-refractivity contribution is -0.117. The molecule has 1 aliphatic carbocycles. The van der Waals surface area contributed by atoms with E-state index < -0.39 is 17.2 Å². The summed E-state index contributed by atoms with van der Waals surface area (Å²) in [6.45, 7) is 5.48. The number of amides is 1. The fraction of sp³-hybridized carbons (Fsp3) is 0.324. The van der Waals surface area contributed by atoms with Crippen LogP contribution in [0.5, 0.6) is 0 Å². The molecule has 0 spiro atoms. The van der Waals surface area contributed by atoms with Crippen LogP contribution in [0.2, 0.25) is 5.02 Å². The minimum Gasteiger partial charge on any atom is -0.322 e. The lowest BCUT2D eigenvalue weighted by Crippen LogP contribution is -2.40. The van der Waals surface area contributed by atoms with E-state index in [4.69, 9.17) is 16.6 Å². The van der Waals surface area contributed by atoms with E-state index in [0.717, 1.165) is 63.2 Å². The van der Waals surface area contributed by atoms with Crippen molar-refractivity contribution in [3.8, 4) is 22.4 Å². The van der Waals surface area contributed by atoms with Gasteiger partial charge in [-0.05, 0) is 61.1 Å². The van der Waals surface area contributed by atoms with Crippen LogP contribution in [0.3, 0.4) is 0 Å². The molecule has 228 valence electrons. The number of benzene rings is 2. The van der Waals surface area contributed by atoms with Crippen LogP contribution in [-0.4, -0.2) is 32.4 Å². The Morgan fingerprint density at radius 1 is 1.02 bits per heavy atom. The molecule has 0 saturated heterocycles. The first-order chi connectivity index (χ1) is 21.1.